The van der Waals surface area contributed by atoms with Gasteiger partial charge in [-0.25, -0.2) is 5.84 Å². The number of carbonyl (C=O) groups excluding carboxylic acids is 1. The van der Waals surface area contributed by atoms with E-state index in [1.54, 1.807) is 10.9 Å². The molecule has 0 aromatic carbocycles. The molecule has 1 aromatic rings. The number of rotatable bonds is 5. The molecule has 1 amide bonds. The molecular formula is C12H23N7O. The van der Waals surface area contributed by atoms with Crippen LogP contribution in [0.3, 0.4) is 0 Å². The first-order valence-electron chi connectivity index (χ1n) is 6.90. The lowest BCUT2D eigenvalue weighted by atomic mass is 10.0. The van der Waals surface area contributed by atoms with Crippen LogP contribution in [0.2, 0.25) is 0 Å². The van der Waals surface area contributed by atoms with Gasteiger partial charge in [-0.1, -0.05) is 5.21 Å². The number of hydrazine groups is 1. The third-order valence-corrected chi connectivity index (χ3v) is 3.90. The normalized spacial score (nSPS) is 17.6. The van der Waals surface area contributed by atoms with Crippen LogP contribution in [0.4, 0.5) is 0 Å². The van der Waals surface area contributed by atoms with E-state index in [2.05, 4.69) is 34.2 Å². The molecule has 1 aliphatic rings. The van der Waals surface area contributed by atoms with Gasteiger partial charge in [0, 0.05) is 12.6 Å². The second kappa shape index (κ2) is 6.78. The molecule has 1 fully saturated rings. The Labute approximate surface area is 118 Å². The number of likely N-dealkylation sites (tertiary alicyclic amines) is 1. The second-order valence-electron chi connectivity index (χ2n) is 5.36. The molecule has 0 atom stereocenters. The zero-order valence-corrected chi connectivity index (χ0v) is 12.1. The summed E-state index contributed by atoms with van der Waals surface area (Å²) in [5.74, 6) is 4.64. The zero-order valence-electron chi connectivity index (χ0n) is 12.1. The molecule has 0 bridgehead atoms. The maximum Gasteiger partial charge on any atom is 0.287 e. The lowest BCUT2D eigenvalue weighted by molar-refractivity contribution is 0.0948. The minimum absolute atomic E-state index is 0.245. The van der Waals surface area contributed by atoms with Crippen LogP contribution in [0.25, 0.3) is 0 Å². The summed E-state index contributed by atoms with van der Waals surface area (Å²) in [6.45, 7) is 3.91. The van der Waals surface area contributed by atoms with Gasteiger partial charge in [0.2, 0.25) is 0 Å². The number of nitrogen functional groups attached to an aromatic ring is 1. The molecule has 3 N–H and O–H groups in total. The number of nitrogens with two attached hydrogens (primary N) is 1. The predicted octanol–water partition coefficient (Wildman–Crippen LogP) is -1.09. The number of aromatic nitrogens is 3. The van der Waals surface area contributed by atoms with Gasteiger partial charge in [-0.2, -0.15) is 0 Å². The summed E-state index contributed by atoms with van der Waals surface area (Å²) in [6.07, 6.45) is 4.01. The number of amides is 1. The van der Waals surface area contributed by atoms with Crippen molar-refractivity contribution in [1.82, 2.24) is 30.2 Å². The van der Waals surface area contributed by atoms with Crippen LogP contribution in [0.5, 0.6) is 0 Å². The molecule has 0 aliphatic carbocycles. The third kappa shape index (κ3) is 3.75. The van der Waals surface area contributed by atoms with E-state index in [1.807, 2.05) is 5.43 Å². The van der Waals surface area contributed by atoms with Crippen LogP contribution in [0, 0.1) is 0 Å². The van der Waals surface area contributed by atoms with E-state index < -0.39 is 5.91 Å². The van der Waals surface area contributed by atoms with Crippen molar-refractivity contribution in [1.29, 1.82) is 0 Å². The Bertz CT molecular complexity index is 439. The summed E-state index contributed by atoms with van der Waals surface area (Å²) in [4.78, 5) is 16.0. The highest BCUT2D eigenvalue weighted by Crippen LogP contribution is 2.13. The van der Waals surface area contributed by atoms with Gasteiger partial charge >= 0.3 is 0 Å². The summed E-state index contributed by atoms with van der Waals surface area (Å²) in [5, 5.41) is 7.71. The topological polar surface area (TPSA) is 92.3 Å². The molecule has 1 aromatic heterocycles. The minimum Gasteiger partial charge on any atom is -0.306 e. The Kier molecular flexibility index (Phi) is 5.05. The van der Waals surface area contributed by atoms with Gasteiger partial charge in [0.05, 0.1) is 12.7 Å². The van der Waals surface area contributed by atoms with E-state index in [4.69, 9.17) is 5.84 Å². The highest BCUT2D eigenvalue weighted by atomic mass is 16.2. The lowest BCUT2D eigenvalue weighted by Gasteiger charge is -2.35. The summed E-state index contributed by atoms with van der Waals surface area (Å²) < 4.78 is 1.68. The summed E-state index contributed by atoms with van der Waals surface area (Å²) >= 11 is 0. The van der Waals surface area contributed by atoms with E-state index in [-0.39, 0.29) is 5.69 Å². The van der Waals surface area contributed by atoms with E-state index in [1.165, 1.54) is 12.8 Å². The van der Waals surface area contributed by atoms with Crippen molar-refractivity contribution in [2.24, 2.45) is 5.84 Å². The van der Waals surface area contributed by atoms with Crippen LogP contribution >= 0.6 is 0 Å². The summed E-state index contributed by atoms with van der Waals surface area (Å²) in [5.41, 5.74) is 2.29. The van der Waals surface area contributed by atoms with Crippen LogP contribution in [-0.2, 0) is 6.54 Å². The Hall–Kier alpha value is -1.51. The summed E-state index contributed by atoms with van der Waals surface area (Å²) in [6, 6.07) is 0.626. The van der Waals surface area contributed by atoms with Gasteiger partial charge < -0.3 is 9.80 Å². The Morgan fingerprint density at radius 2 is 2.25 bits per heavy atom. The first-order valence-corrected chi connectivity index (χ1v) is 6.90. The van der Waals surface area contributed by atoms with Crippen LogP contribution < -0.4 is 11.3 Å². The maximum absolute atomic E-state index is 11.3. The highest BCUT2D eigenvalue weighted by Gasteiger charge is 2.20. The smallest absolute Gasteiger partial charge is 0.287 e. The predicted molar refractivity (Wildman–Crippen MR) is 74.8 cm³/mol. The summed E-state index contributed by atoms with van der Waals surface area (Å²) in [7, 11) is 4.30. The van der Waals surface area contributed by atoms with Crippen molar-refractivity contribution in [2.45, 2.75) is 25.4 Å². The van der Waals surface area contributed by atoms with Gasteiger partial charge in [0.15, 0.2) is 5.69 Å². The quantitative estimate of drug-likeness (QED) is 0.405. The molecule has 0 saturated carbocycles. The molecule has 2 heterocycles. The Morgan fingerprint density at radius 3 is 2.90 bits per heavy atom. The molecular weight excluding hydrogens is 258 g/mol. The lowest BCUT2D eigenvalue weighted by Crippen LogP contribution is -2.42. The second-order valence-corrected chi connectivity index (χ2v) is 5.36. The van der Waals surface area contributed by atoms with E-state index in [0.29, 0.717) is 12.6 Å². The van der Waals surface area contributed by atoms with Crippen molar-refractivity contribution >= 4 is 5.91 Å². The number of nitrogens with one attached hydrogen (secondary N) is 1. The first kappa shape index (κ1) is 14.9. The van der Waals surface area contributed by atoms with Crippen molar-refractivity contribution in [3.8, 4) is 0 Å². The molecule has 0 radical (unpaired) electrons. The minimum atomic E-state index is -0.417. The zero-order chi connectivity index (χ0) is 14.5. The molecule has 8 heteroatoms. The monoisotopic (exact) mass is 281 g/mol. The Morgan fingerprint density at radius 1 is 1.55 bits per heavy atom. The molecule has 0 unspecified atom stereocenters. The van der Waals surface area contributed by atoms with Gasteiger partial charge in [-0.15, -0.1) is 5.10 Å². The average molecular weight is 281 g/mol. The van der Waals surface area contributed by atoms with Crippen molar-refractivity contribution in [3.05, 3.63) is 11.9 Å². The number of carbonyl (C=O) groups is 1. The maximum atomic E-state index is 11.3. The number of hydrogen-bond acceptors (Lipinski definition) is 6. The number of piperidine rings is 1. The molecule has 1 aliphatic heterocycles. The SMILES string of the molecule is CN1CCC(N(C)CCn2cc(C(=O)NN)nn2)CC1. The fourth-order valence-electron chi connectivity index (χ4n) is 2.46. The molecule has 112 valence electrons. The Balaban J connectivity index is 1.79. The molecule has 1 saturated heterocycles. The van der Waals surface area contributed by atoms with E-state index in [0.717, 1.165) is 19.6 Å². The average Bonchev–Trinajstić information content (AvgIpc) is 2.93. The highest BCUT2D eigenvalue weighted by molar-refractivity contribution is 5.91. The number of likely N-dealkylation sites (N-methyl/N-ethyl adjacent to an activating group) is 1. The van der Waals surface area contributed by atoms with Gasteiger partial charge in [0.1, 0.15) is 0 Å². The fraction of sp³-hybridized carbons (Fsp3) is 0.750. The van der Waals surface area contributed by atoms with Crippen molar-refractivity contribution < 1.29 is 4.79 Å². The van der Waals surface area contributed by atoms with E-state index in [9.17, 15) is 4.79 Å². The van der Waals surface area contributed by atoms with Crippen LogP contribution in [0.15, 0.2) is 6.20 Å². The number of nitrogens with zero attached hydrogens (tertiary/aromatic N) is 5. The third-order valence-electron chi connectivity index (χ3n) is 3.90. The van der Waals surface area contributed by atoms with Gasteiger partial charge in [-0.05, 0) is 40.0 Å². The molecule has 8 nitrogen and oxygen atoms in total. The van der Waals surface area contributed by atoms with E-state index >= 15 is 0 Å². The van der Waals surface area contributed by atoms with Crippen molar-refractivity contribution in [3.63, 3.8) is 0 Å². The van der Waals surface area contributed by atoms with Crippen LogP contribution in [-0.4, -0.2) is 70.5 Å². The standard InChI is InChI=1S/C12H23N7O/c1-17-5-3-10(4-6-17)18(2)7-8-19-9-11(15-16-19)12(20)14-13/h9-10H,3-8,13H2,1-2H3,(H,14,20). The molecule has 0 spiro atoms. The van der Waals surface area contributed by atoms with Gasteiger partial charge in [-0.3, -0.25) is 14.9 Å². The van der Waals surface area contributed by atoms with Crippen molar-refractivity contribution in [2.75, 3.05) is 33.7 Å². The van der Waals surface area contributed by atoms with Crippen LogP contribution in [0.1, 0.15) is 23.3 Å². The molecule has 2 rings (SSSR count). The largest absolute Gasteiger partial charge is 0.306 e. The first-order chi connectivity index (χ1) is 9.60. The fourth-order valence-corrected chi connectivity index (χ4v) is 2.46. The van der Waals surface area contributed by atoms with Gasteiger partial charge in [0.25, 0.3) is 5.91 Å². The molecule has 20 heavy (non-hydrogen) atoms. The number of hydrogen-bond donors (Lipinski definition) is 2.